The first-order valence-corrected chi connectivity index (χ1v) is 17.0. The molecule has 0 saturated heterocycles. The van der Waals surface area contributed by atoms with Crippen molar-refractivity contribution >= 4 is 22.9 Å². The fraction of sp³-hybridized carbons (Fsp3) is 0.429. The minimum atomic E-state index is -0.125. The molecule has 2 heterocycles. The summed E-state index contributed by atoms with van der Waals surface area (Å²) < 4.78 is 8.45. The van der Waals surface area contributed by atoms with E-state index in [-0.39, 0.29) is 34.6 Å². The van der Waals surface area contributed by atoms with Crippen LogP contribution in [0, 0.1) is 5.92 Å². The van der Waals surface area contributed by atoms with E-state index in [4.69, 9.17) is 4.74 Å². The van der Waals surface area contributed by atoms with Crippen molar-refractivity contribution in [3.63, 3.8) is 0 Å². The number of carbonyl (C=O) groups excluding carboxylic acids is 1. The van der Waals surface area contributed by atoms with Crippen LogP contribution in [0.4, 0.5) is 11.4 Å². The molecular formula is C42H53N2O2+. The Labute approximate surface area is 277 Å². The van der Waals surface area contributed by atoms with Gasteiger partial charge in [-0.2, -0.15) is 4.58 Å². The van der Waals surface area contributed by atoms with Crippen LogP contribution in [0.5, 0.6) is 5.75 Å². The van der Waals surface area contributed by atoms with Crippen LogP contribution in [0.3, 0.4) is 0 Å². The monoisotopic (exact) mass is 617 g/mol. The minimum absolute atomic E-state index is 0.0156. The van der Waals surface area contributed by atoms with Gasteiger partial charge in [0.15, 0.2) is 11.5 Å². The molecule has 0 N–H and O–H groups in total. The highest BCUT2D eigenvalue weighted by atomic mass is 16.5. The summed E-state index contributed by atoms with van der Waals surface area (Å²) in [5.41, 5.74) is 8.75. The Kier molecular flexibility index (Phi) is 9.50. The van der Waals surface area contributed by atoms with Crippen LogP contribution in [0.15, 0.2) is 96.7 Å². The second-order valence-electron chi connectivity index (χ2n) is 15.0. The Morgan fingerprint density at radius 1 is 0.913 bits per heavy atom. The number of hydrogen-bond acceptors (Lipinski definition) is 3. The number of ketones is 1. The van der Waals surface area contributed by atoms with Crippen LogP contribution in [-0.2, 0) is 21.0 Å². The molecule has 4 heteroatoms. The third-order valence-corrected chi connectivity index (χ3v) is 10.2. The van der Waals surface area contributed by atoms with Gasteiger partial charge in [0.2, 0.25) is 5.69 Å². The van der Waals surface area contributed by atoms with E-state index in [1.165, 1.54) is 33.9 Å². The number of Topliss-reactive ketones (excluding diaryl/α,β-unsaturated/α-hetero) is 1. The zero-order valence-corrected chi connectivity index (χ0v) is 29.5. The number of rotatable bonds is 11. The zero-order chi connectivity index (χ0) is 33.3. The van der Waals surface area contributed by atoms with Crippen molar-refractivity contribution in [3.05, 3.63) is 113 Å². The summed E-state index contributed by atoms with van der Waals surface area (Å²) in [6.45, 7) is 18.9. The first-order valence-electron chi connectivity index (χ1n) is 17.0. The molecule has 0 aromatic heterocycles. The van der Waals surface area contributed by atoms with E-state index in [1.54, 1.807) is 0 Å². The maximum Gasteiger partial charge on any atom is 0.209 e. The SMILES string of the molecule is CCC(CCCN1C(=CC=CC2=[N+](C)c3ccccc3C2(C)C)C(C)(C)c2ccccc21)C(=O)COc1ccccc1C(C)(C)C. The summed E-state index contributed by atoms with van der Waals surface area (Å²) in [4.78, 5) is 15.8. The summed E-state index contributed by atoms with van der Waals surface area (Å²) >= 11 is 0. The number of hydrogen-bond donors (Lipinski definition) is 0. The smallest absolute Gasteiger partial charge is 0.209 e. The van der Waals surface area contributed by atoms with Gasteiger partial charge >= 0.3 is 0 Å². The number of carbonyl (C=O) groups is 1. The van der Waals surface area contributed by atoms with E-state index >= 15 is 0 Å². The maximum absolute atomic E-state index is 13.4. The summed E-state index contributed by atoms with van der Waals surface area (Å²) in [7, 11) is 2.17. The lowest BCUT2D eigenvalue weighted by molar-refractivity contribution is -0.401. The van der Waals surface area contributed by atoms with E-state index < -0.39 is 0 Å². The van der Waals surface area contributed by atoms with E-state index in [1.807, 2.05) is 18.2 Å². The van der Waals surface area contributed by atoms with Crippen LogP contribution in [0.2, 0.25) is 0 Å². The third-order valence-electron chi connectivity index (χ3n) is 10.2. The van der Waals surface area contributed by atoms with Gasteiger partial charge in [-0.3, -0.25) is 4.79 Å². The highest BCUT2D eigenvalue weighted by molar-refractivity contribution is 6.03. The van der Waals surface area contributed by atoms with Crippen molar-refractivity contribution < 1.29 is 14.1 Å². The fourth-order valence-electron chi connectivity index (χ4n) is 7.48. The highest BCUT2D eigenvalue weighted by Gasteiger charge is 2.43. The van der Waals surface area contributed by atoms with Gasteiger partial charge in [-0.25, -0.2) is 0 Å². The van der Waals surface area contributed by atoms with Crippen LogP contribution in [-0.4, -0.2) is 36.3 Å². The van der Waals surface area contributed by atoms with Crippen molar-refractivity contribution in [2.75, 3.05) is 25.1 Å². The first kappa shape index (κ1) is 33.4. The van der Waals surface area contributed by atoms with Crippen molar-refractivity contribution in [2.45, 2.75) is 90.9 Å². The van der Waals surface area contributed by atoms with Crippen molar-refractivity contribution in [1.29, 1.82) is 0 Å². The molecular weight excluding hydrogens is 564 g/mol. The molecule has 2 aliphatic rings. The number of ether oxygens (including phenoxy) is 1. The second kappa shape index (κ2) is 13.1. The van der Waals surface area contributed by atoms with Crippen molar-refractivity contribution in [3.8, 4) is 5.75 Å². The standard InChI is InChI=1S/C42H53N2O2/c1-10-30(36(45)29-46-37-25-16-13-22-33(37)40(2,3)4)19-18-28-44-35-24-15-12-21-32(35)42(7,8)39(44)27-17-26-38-41(5,6)31-20-11-14-23-34(31)43(38)9/h11-17,20-27,30H,10,18-19,28-29H2,1-9H3/q+1. The average molecular weight is 618 g/mol. The molecule has 0 fully saturated rings. The lowest BCUT2D eigenvalue weighted by atomic mass is 9.81. The lowest BCUT2D eigenvalue weighted by Gasteiger charge is -2.27. The van der Waals surface area contributed by atoms with Gasteiger partial charge in [0, 0.05) is 47.0 Å². The minimum Gasteiger partial charge on any atom is -0.486 e. The lowest BCUT2D eigenvalue weighted by Crippen LogP contribution is -2.28. The van der Waals surface area contributed by atoms with Gasteiger partial charge in [0.1, 0.15) is 19.4 Å². The molecule has 4 nitrogen and oxygen atoms in total. The van der Waals surface area contributed by atoms with Gasteiger partial charge in [0.25, 0.3) is 0 Å². The Hall–Kier alpha value is -3.92. The molecule has 2 aliphatic heterocycles. The predicted molar refractivity (Wildman–Crippen MR) is 193 cm³/mol. The third kappa shape index (κ3) is 6.36. The fourth-order valence-corrected chi connectivity index (χ4v) is 7.48. The summed E-state index contributed by atoms with van der Waals surface area (Å²) in [5.74, 6) is 0.984. The number of allylic oxidation sites excluding steroid dienone is 4. The molecule has 5 rings (SSSR count). The molecule has 3 aromatic carbocycles. The Morgan fingerprint density at radius 2 is 1.57 bits per heavy atom. The first-order chi connectivity index (χ1) is 21.8. The normalized spacial score (nSPS) is 18.3. The number of anilines is 1. The van der Waals surface area contributed by atoms with Crippen molar-refractivity contribution in [2.24, 2.45) is 5.92 Å². The van der Waals surface area contributed by atoms with Crippen LogP contribution >= 0.6 is 0 Å². The maximum atomic E-state index is 13.4. The largest absolute Gasteiger partial charge is 0.486 e. The van der Waals surface area contributed by atoms with Gasteiger partial charge in [0.05, 0.1) is 5.41 Å². The van der Waals surface area contributed by atoms with E-state index in [0.717, 1.165) is 37.1 Å². The van der Waals surface area contributed by atoms with Gasteiger partial charge in [-0.15, -0.1) is 0 Å². The topological polar surface area (TPSA) is 32.5 Å². The molecule has 1 atom stereocenters. The molecule has 1 unspecified atom stereocenters. The van der Waals surface area contributed by atoms with Crippen molar-refractivity contribution in [1.82, 2.24) is 0 Å². The quantitative estimate of drug-likeness (QED) is 0.201. The van der Waals surface area contributed by atoms with Crippen LogP contribution < -0.4 is 9.64 Å². The Bertz CT molecular complexity index is 1680. The summed E-state index contributed by atoms with van der Waals surface area (Å²) in [6.07, 6.45) is 9.42. The molecule has 0 amide bonds. The summed E-state index contributed by atoms with van der Waals surface area (Å²) in [5, 5.41) is 0. The molecule has 0 aliphatic carbocycles. The Balaban J connectivity index is 1.30. The predicted octanol–water partition coefficient (Wildman–Crippen LogP) is 9.68. The summed E-state index contributed by atoms with van der Waals surface area (Å²) in [6, 6.07) is 25.6. The Morgan fingerprint density at radius 3 is 2.26 bits per heavy atom. The van der Waals surface area contributed by atoms with E-state index in [0.29, 0.717) is 0 Å². The number of nitrogens with zero attached hydrogens (tertiary/aromatic N) is 2. The molecule has 3 aromatic rings. The van der Waals surface area contributed by atoms with E-state index in [2.05, 4.69) is 145 Å². The van der Waals surface area contributed by atoms with Crippen LogP contribution in [0.1, 0.15) is 91.3 Å². The molecule has 0 bridgehead atoms. The molecule has 242 valence electrons. The molecule has 0 radical (unpaired) electrons. The van der Waals surface area contributed by atoms with E-state index in [9.17, 15) is 4.79 Å². The number of fused-ring (bicyclic) bond motifs is 2. The average Bonchev–Trinajstić information content (AvgIpc) is 3.36. The van der Waals surface area contributed by atoms with Gasteiger partial charge in [-0.1, -0.05) is 102 Å². The highest BCUT2D eigenvalue weighted by Crippen LogP contribution is 2.48. The van der Waals surface area contributed by atoms with Crippen LogP contribution in [0.25, 0.3) is 0 Å². The van der Waals surface area contributed by atoms with Gasteiger partial charge < -0.3 is 9.64 Å². The van der Waals surface area contributed by atoms with Gasteiger partial charge in [-0.05, 0) is 67.9 Å². The second-order valence-corrected chi connectivity index (χ2v) is 15.0. The molecule has 46 heavy (non-hydrogen) atoms. The molecule has 0 saturated carbocycles. The number of para-hydroxylation sites is 3. The number of benzene rings is 3. The molecule has 0 spiro atoms. The zero-order valence-electron chi connectivity index (χ0n) is 29.5.